The van der Waals surface area contributed by atoms with Gasteiger partial charge in [0.1, 0.15) is 5.75 Å². The Balaban J connectivity index is 1.66. The summed E-state index contributed by atoms with van der Waals surface area (Å²) in [5.74, 6) is 0.603. The van der Waals surface area contributed by atoms with Crippen LogP contribution in [0.2, 0.25) is 0 Å². The van der Waals surface area contributed by atoms with Gasteiger partial charge in [-0.05, 0) is 41.3 Å². The minimum absolute atomic E-state index is 0.155. The molecule has 1 aliphatic rings. The molecule has 3 aromatic rings. The molecule has 0 spiro atoms. The maximum atomic E-state index is 12.6. The second kappa shape index (κ2) is 8.95. The zero-order valence-electron chi connectivity index (χ0n) is 16.6. The summed E-state index contributed by atoms with van der Waals surface area (Å²) in [6.45, 7) is 0. The van der Waals surface area contributed by atoms with Crippen molar-refractivity contribution in [3.63, 3.8) is 0 Å². The topological polar surface area (TPSA) is 49.3 Å². The molecule has 0 aromatic heterocycles. The highest BCUT2D eigenvalue weighted by Gasteiger charge is 2.21. The van der Waals surface area contributed by atoms with Crippen LogP contribution in [0.5, 0.6) is 5.75 Å². The third kappa shape index (κ3) is 4.34. The van der Waals surface area contributed by atoms with Gasteiger partial charge < -0.3 is 10.4 Å². The van der Waals surface area contributed by atoms with E-state index < -0.39 is 0 Å². The van der Waals surface area contributed by atoms with Crippen LogP contribution in [0.15, 0.2) is 79.0 Å². The Bertz CT molecular complexity index is 1000. The van der Waals surface area contributed by atoms with Gasteiger partial charge in [-0.15, -0.1) is 0 Å². The van der Waals surface area contributed by atoms with Crippen molar-refractivity contribution in [1.29, 1.82) is 0 Å². The van der Waals surface area contributed by atoms with Crippen molar-refractivity contribution in [1.82, 2.24) is 5.32 Å². The molecule has 0 saturated heterocycles. The minimum atomic E-state index is -0.252. The fourth-order valence-corrected chi connectivity index (χ4v) is 4.33. The van der Waals surface area contributed by atoms with E-state index in [4.69, 9.17) is 0 Å². The van der Waals surface area contributed by atoms with Crippen molar-refractivity contribution >= 4 is 16.6 Å². The van der Waals surface area contributed by atoms with E-state index in [-0.39, 0.29) is 23.5 Å². The van der Waals surface area contributed by atoms with Crippen molar-refractivity contribution in [2.45, 2.75) is 38.1 Å². The Morgan fingerprint density at radius 2 is 1.66 bits per heavy atom. The number of rotatable bonds is 6. The molecule has 2 N–H and O–H groups in total. The normalized spacial score (nSPS) is 16.1. The third-order valence-electron chi connectivity index (χ3n) is 5.89. The number of hydrogen-bond acceptors (Lipinski definition) is 3. The number of carbonyl (C=O) groups excluding carboxylic acids is 1. The van der Waals surface area contributed by atoms with E-state index in [2.05, 4.69) is 5.32 Å². The Labute approximate surface area is 172 Å². The van der Waals surface area contributed by atoms with Crippen LogP contribution >= 0.6 is 0 Å². The zero-order chi connectivity index (χ0) is 20.1. The lowest BCUT2D eigenvalue weighted by molar-refractivity contribution is -0.119. The van der Waals surface area contributed by atoms with Crippen LogP contribution in [-0.4, -0.2) is 10.9 Å². The maximum absolute atomic E-state index is 12.6. The first-order valence-corrected chi connectivity index (χ1v) is 10.5. The van der Waals surface area contributed by atoms with Crippen molar-refractivity contribution in [3.05, 3.63) is 90.1 Å². The lowest BCUT2D eigenvalue weighted by Gasteiger charge is -2.22. The summed E-state index contributed by atoms with van der Waals surface area (Å²) >= 11 is 0. The standard InChI is InChI=1S/C26H27NO2/c28-23(20-10-3-1-4-11-20)17-18-27-26(21-12-5-2-6-13-21)25-22-14-8-7-9-19(22)15-16-24(25)29/h2,5-9,12-18,20,26-27,29H,1,3-4,10-11H2/b18-17-. The first-order valence-electron chi connectivity index (χ1n) is 10.5. The highest BCUT2D eigenvalue weighted by Crippen LogP contribution is 2.35. The van der Waals surface area contributed by atoms with Crippen LogP contribution in [0.3, 0.4) is 0 Å². The van der Waals surface area contributed by atoms with Gasteiger partial charge in [0.2, 0.25) is 0 Å². The number of hydrogen-bond donors (Lipinski definition) is 2. The summed E-state index contributed by atoms with van der Waals surface area (Å²) < 4.78 is 0. The monoisotopic (exact) mass is 385 g/mol. The van der Waals surface area contributed by atoms with E-state index in [1.54, 1.807) is 18.3 Å². The summed E-state index contributed by atoms with van der Waals surface area (Å²) in [7, 11) is 0. The van der Waals surface area contributed by atoms with Crippen LogP contribution in [0.4, 0.5) is 0 Å². The number of nitrogens with one attached hydrogen (secondary N) is 1. The Morgan fingerprint density at radius 1 is 0.931 bits per heavy atom. The molecule has 0 amide bonds. The SMILES string of the molecule is O=C(/C=C\NC(c1ccccc1)c1c(O)ccc2ccccc12)C1CCCCC1. The summed E-state index contributed by atoms with van der Waals surface area (Å²) in [5, 5.41) is 16.2. The first-order chi connectivity index (χ1) is 14.2. The average Bonchev–Trinajstić information content (AvgIpc) is 2.78. The lowest BCUT2D eigenvalue weighted by Crippen LogP contribution is -2.20. The predicted molar refractivity (Wildman–Crippen MR) is 118 cm³/mol. The first kappa shape index (κ1) is 19.3. The Hall–Kier alpha value is -3.07. The fourth-order valence-electron chi connectivity index (χ4n) is 4.33. The largest absolute Gasteiger partial charge is 0.508 e. The summed E-state index contributed by atoms with van der Waals surface area (Å²) in [6.07, 6.45) is 8.96. The minimum Gasteiger partial charge on any atom is -0.508 e. The molecule has 1 unspecified atom stereocenters. The Morgan fingerprint density at radius 3 is 2.45 bits per heavy atom. The molecule has 0 bridgehead atoms. The van der Waals surface area contributed by atoms with E-state index in [9.17, 15) is 9.90 Å². The maximum Gasteiger partial charge on any atom is 0.160 e. The van der Waals surface area contributed by atoms with E-state index >= 15 is 0 Å². The highest BCUT2D eigenvalue weighted by atomic mass is 16.3. The van der Waals surface area contributed by atoms with Gasteiger partial charge in [-0.2, -0.15) is 0 Å². The van der Waals surface area contributed by atoms with Crippen molar-refractivity contribution < 1.29 is 9.90 Å². The lowest BCUT2D eigenvalue weighted by atomic mass is 9.86. The second-order valence-corrected chi connectivity index (χ2v) is 7.80. The van der Waals surface area contributed by atoms with Gasteiger partial charge in [0.05, 0.1) is 6.04 Å². The van der Waals surface area contributed by atoms with Crippen LogP contribution in [0.1, 0.15) is 49.3 Å². The molecule has 29 heavy (non-hydrogen) atoms. The summed E-state index contributed by atoms with van der Waals surface area (Å²) in [5.41, 5.74) is 1.86. The smallest absolute Gasteiger partial charge is 0.160 e. The van der Waals surface area contributed by atoms with Crippen LogP contribution in [0.25, 0.3) is 10.8 Å². The molecule has 1 atom stereocenters. The zero-order valence-corrected chi connectivity index (χ0v) is 16.6. The number of allylic oxidation sites excluding steroid dienone is 1. The molecule has 0 aliphatic heterocycles. The summed E-state index contributed by atoms with van der Waals surface area (Å²) in [4.78, 5) is 12.6. The molecule has 0 heterocycles. The molecule has 1 fully saturated rings. The molecule has 1 saturated carbocycles. The second-order valence-electron chi connectivity index (χ2n) is 7.80. The number of carbonyl (C=O) groups is 1. The number of fused-ring (bicyclic) bond motifs is 1. The molecule has 0 radical (unpaired) electrons. The van der Waals surface area contributed by atoms with Gasteiger partial charge in [-0.3, -0.25) is 4.79 Å². The number of aromatic hydroxyl groups is 1. The number of phenolic OH excluding ortho intramolecular Hbond substituents is 1. The summed E-state index contributed by atoms with van der Waals surface area (Å²) in [6, 6.07) is 21.5. The molecule has 3 heteroatoms. The quantitative estimate of drug-likeness (QED) is 0.520. The predicted octanol–water partition coefficient (Wildman–Crippen LogP) is 5.89. The molecule has 1 aliphatic carbocycles. The van der Waals surface area contributed by atoms with E-state index in [0.717, 1.165) is 47.6 Å². The van der Waals surface area contributed by atoms with Gasteiger partial charge >= 0.3 is 0 Å². The van der Waals surface area contributed by atoms with E-state index in [1.807, 2.05) is 60.7 Å². The molecule has 3 aromatic carbocycles. The van der Waals surface area contributed by atoms with Crippen molar-refractivity contribution in [2.24, 2.45) is 5.92 Å². The van der Waals surface area contributed by atoms with Gasteiger partial charge in [0, 0.05) is 17.7 Å². The average molecular weight is 386 g/mol. The van der Waals surface area contributed by atoms with Gasteiger partial charge in [-0.25, -0.2) is 0 Å². The van der Waals surface area contributed by atoms with Crippen LogP contribution in [0, 0.1) is 5.92 Å². The number of phenols is 1. The van der Waals surface area contributed by atoms with Crippen LogP contribution < -0.4 is 5.32 Å². The third-order valence-corrected chi connectivity index (χ3v) is 5.89. The Kier molecular flexibility index (Phi) is 5.95. The van der Waals surface area contributed by atoms with Crippen molar-refractivity contribution in [2.75, 3.05) is 0 Å². The van der Waals surface area contributed by atoms with E-state index in [0.29, 0.717) is 0 Å². The molecule has 3 nitrogen and oxygen atoms in total. The molecular formula is C26H27NO2. The van der Waals surface area contributed by atoms with Gasteiger partial charge in [0.15, 0.2) is 5.78 Å². The number of ketones is 1. The number of benzene rings is 3. The highest BCUT2D eigenvalue weighted by molar-refractivity contribution is 5.92. The van der Waals surface area contributed by atoms with Crippen molar-refractivity contribution in [3.8, 4) is 5.75 Å². The fraction of sp³-hybridized carbons (Fsp3) is 0.269. The van der Waals surface area contributed by atoms with Gasteiger partial charge in [0.25, 0.3) is 0 Å². The molecule has 148 valence electrons. The molecular weight excluding hydrogens is 358 g/mol. The van der Waals surface area contributed by atoms with Crippen LogP contribution in [-0.2, 0) is 4.79 Å². The van der Waals surface area contributed by atoms with E-state index in [1.165, 1.54) is 6.42 Å². The molecule has 4 rings (SSSR count). The van der Waals surface area contributed by atoms with Gasteiger partial charge in [-0.1, -0.05) is 79.9 Å².